The van der Waals surface area contributed by atoms with Gasteiger partial charge >= 0.3 is 0 Å². The molecule has 0 aliphatic rings. The van der Waals surface area contributed by atoms with Crippen molar-refractivity contribution in [3.8, 4) is 0 Å². The Labute approximate surface area is 113 Å². The molecule has 1 heterocycles. The smallest absolute Gasteiger partial charge is 0.273 e. The molecule has 5 heteroatoms. The van der Waals surface area contributed by atoms with Crippen LogP contribution in [0.15, 0.2) is 12.1 Å². The molecule has 0 radical (unpaired) electrons. The number of carbonyl (C=O) groups excluding carboxylic acids is 1. The van der Waals surface area contributed by atoms with Crippen LogP contribution in [0.3, 0.4) is 0 Å². The molecule has 0 aromatic carbocycles. The van der Waals surface area contributed by atoms with Crippen molar-refractivity contribution in [2.24, 2.45) is 5.92 Å². The first-order valence-corrected chi connectivity index (χ1v) is 6.49. The fourth-order valence-corrected chi connectivity index (χ4v) is 1.87. The first kappa shape index (κ1) is 14.8. The fraction of sp³-hybridized carbons (Fsp3) is 0.538. The Balaban J connectivity index is 2.93. The average Bonchev–Trinajstić information content (AvgIpc) is 2.30. The second-order valence-corrected chi connectivity index (χ2v) is 5.04. The van der Waals surface area contributed by atoms with Crippen molar-refractivity contribution in [2.45, 2.75) is 20.8 Å². The van der Waals surface area contributed by atoms with E-state index in [9.17, 15) is 4.79 Å². The van der Waals surface area contributed by atoms with Gasteiger partial charge in [0.2, 0.25) is 0 Å². The van der Waals surface area contributed by atoms with Crippen LogP contribution >= 0.6 is 11.6 Å². The van der Waals surface area contributed by atoms with Crippen molar-refractivity contribution in [3.63, 3.8) is 0 Å². The van der Waals surface area contributed by atoms with E-state index in [0.717, 1.165) is 6.54 Å². The summed E-state index contributed by atoms with van der Waals surface area (Å²) in [5.74, 6) is 0.936. The van der Waals surface area contributed by atoms with Crippen LogP contribution in [-0.2, 0) is 0 Å². The minimum atomic E-state index is -0.145. The van der Waals surface area contributed by atoms with Crippen LogP contribution in [0.5, 0.6) is 0 Å². The van der Waals surface area contributed by atoms with E-state index < -0.39 is 0 Å². The molecule has 1 N–H and O–H groups in total. The maximum absolute atomic E-state index is 12.2. The van der Waals surface area contributed by atoms with Crippen molar-refractivity contribution in [1.29, 1.82) is 0 Å². The number of anilines is 1. The number of hydrogen-bond donors (Lipinski definition) is 1. The highest BCUT2D eigenvalue weighted by molar-refractivity contribution is 6.33. The number of amides is 1. The molecule has 4 nitrogen and oxygen atoms in total. The summed E-state index contributed by atoms with van der Waals surface area (Å²) >= 11 is 6.03. The van der Waals surface area contributed by atoms with Crippen molar-refractivity contribution in [3.05, 3.63) is 22.8 Å². The predicted octanol–water partition coefficient (Wildman–Crippen LogP) is 2.89. The van der Waals surface area contributed by atoms with E-state index in [0.29, 0.717) is 29.0 Å². The normalized spacial score (nSPS) is 10.6. The van der Waals surface area contributed by atoms with Crippen molar-refractivity contribution < 1.29 is 4.79 Å². The maximum atomic E-state index is 12.2. The van der Waals surface area contributed by atoms with Gasteiger partial charge in [-0.2, -0.15) is 0 Å². The molecule has 0 saturated carbocycles. The lowest BCUT2D eigenvalue weighted by Gasteiger charge is -2.19. The Hall–Kier alpha value is -1.29. The largest absolute Gasteiger partial charge is 0.370 e. The van der Waals surface area contributed by atoms with E-state index >= 15 is 0 Å². The molecule has 1 aromatic rings. The summed E-state index contributed by atoms with van der Waals surface area (Å²) in [6.45, 7) is 7.54. The van der Waals surface area contributed by atoms with E-state index in [1.807, 2.05) is 6.92 Å². The van der Waals surface area contributed by atoms with Gasteiger partial charge in [0, 0.05) is 20.1 Å². The van der Waals surface area contributed by atoms with Gasteiger partial charge in [0.15, 0.2) is 0 Å². The third kappa shape index (κ3) is 3.88. The lowest BCUT2D eigenvalue weighted by atomic mass is 10.2. The van der Waals surface area contributed by atoms with E-state index in [4.69, 9.17) is 11.6 Å². The van der Waals surface area contributed by atoms with Gasteiger partial charge in [0.1, 0.15) is 11.5 Å². The summed E-state index contributed by atoms with van der Waals surface area (Å²) < 4.78 is 0. The van der Waals surface area contributed by atoms with Crippen LogP contribution in [0.4, 0.5) is 5.82 Å². The highest BCUT2D eigenvalue weighted by Crippen LogP contribution is 2.18. The molecule has 1 rings (SSSR count). The second-order valence-electron chi connectivity index (χ2n) is 4.64. The van der Waals surface area contributed by atoms with Gasteiger partial charge in [-0.1, -0.05) is 25.4 Å². The topological polar surface area (TPSA) is 45.2 Å². The lowest BCUT2D eigenvalue weighted by Crippen LogP contribution is -2.31. The minimum Gasteiger partial charge on any atom is -0.370 e. The number of nitrogens with zero attached hydrogens (tertiary/aromatic N) is 2. The van der Waals surface area contributed by atoms with Crippen LogP contribution in [0.2, 0.25) is 5.02 Å². The quantitative estimate of drug-likeness (QED) is 0.894. The Morgan fingerprint density at radius 3 is 2.72 bits per heavy atom. The summed E-state index contributed by atoms with van der Waals surface area (Å²) in [7, 11) is 1.76. The molecule has 0 saturated heterocycles. The third-order valence-corrected chi connectivity index (χ3v) is 2.70. The number of pyridine rings is 1. The van der Waals surface area contributed by atoms with Crippen molar-refractivity contribution in [1.82, 2.24) is 9.88 Å². The Bertz CT molecular complexity index is 421. The van der Waals surface area contributed by atoms with E-state index in [2.05, 4.69) is 24.1 Å². The Kier molecular flexibility index (Phi) is 5.41. The zero-order chi connectivity index (χ0) is 13.7. The molecule has 0 bridgehead atoms. The summed E-state index contributed by atoms with van der Waals surface area (Å²) in [5, 5.41) is 3.46. The number of halogens is 1. The zero-order valence-electron chi connectivity index (χ0n) is 11.3. The van der Waals surface area contributed by atoms with Crippen LogP contribution in [0, 0.1) is 5.92 Å². The zero-order valence-corrected chi connectivity index (χ0v) is 12.1. The summed E-state index contributed by atoms with van der Waals surface area (Å²) in [6.07, 6.45) is 0. The SMILES string of the molecule is CCNc1ccc(Cl)c(C(=O)N(C)CC(C)C)n1. The monoisotopic (exact) mass is 269 g/mol. The molecule has 1 aromatic heterocycles. The summed E-state index contributed by atoms with van der Waals surface area (Å²) in [4.78, 5) is 18.1. The first-order valence-electron chi connectivity index (χ1n) is 6.11. The molecular weight excluding hydrogens is 250 g/mol. The molecule has 0 unspecified atom stereocenters. The van der Waals surface area contributed by atoms with Crippen molar-refractivity contribution in [2.75, 3.05) is 25.5 Å². The molecule has 0 aliphatic carbocycles. The lowest BCUT2D eigenvalue weighted by molar-refractivity contribution is 0.0773. The molecular formula is C13H20ClN3O. The second kappa shape index (κ2) is 6.59. The molecule has 0 fully saturated rings. The highest BCUT2D eigenvalue weighted by atomic mass is 35.5. The maximum Gasteiger partial charge on any atom is 0.273 e. The van der Waals surface area contributed by atoms with Gasteiger partial charge in [-0.3, -0.25) is 4.79 Å². The third-order valence-electron chi connectivity index (χ3n) is 2.39. The number of hydrogen-bond acceptors (Lipinski definition) is 3. The average molecular weight is 270 g/mol. The number of aromatic nitrogens is 1. The van der Waals surface area contributed by atoms with Crippen LogP contribution in [-0.4, -0.2) is 35.9 Å². The minimum absolute atomic E-state index is 0.145. The number of nitrogens with one attached hydrogen (secondary N) is 1. The molecule has 100 valence electrons. The fourth-order valence-electron chi connectivity index (χ4n) is 1.68. The van der Waals surface area contributed by atoms with Gasteiger partial charge in [-0.05, 0) is 25.0 Å². The molecule has 1 amide bonds. The molecule has 0 spiro atoms. The number of carbonyl (C=O) groups is 1. The van der Waals surface area contributed by atoms with E-state index in [1.165, 1.54) is 0 Å². The Morgan fingerprint density at radius 2 is 2.17 bits per heavy atom. The predicted molar refractivity (Wildman–Crippen MR) is 75.2 cm³/mol. The Morgan fingerprint density at radius 1 is 1.50 bits per heavy atom. The van der Waals surface area contributed by atoms with Crippen LogP contribution in [0.1, 0.15) is 31.3 Å². The van der Waals surface area contributed by atoms with Crippen LogP contribution < -0.4 is 5.32 Å². The summed E-state index contributed by atoms with van der Waals surface area (Å²) in [6, 6.07) is 3.47. The standard InChI is InChI=1S/C13H20ClN3O/c1-5-15-11-7-6-10(14)12(16-11)13(18)17(4)8-9(2)3/h6-7,9H,5,8H2,1-4H3,(H,15,16). The van der Waals surface area contributed by atoms with Gasteiger partial charge in [0.05, 0.1) is 5.02 Å². The molecule has 18 heavy (non-hydrogen) atoms. The molecule has 0 aliphatic heterocycles. The van der Waals surface area contributed by atoms with Gasteiger partial charge in [0.25, 0.3) is 5.91 Å². The molecule has 0 atom stereocenters. The highest BCUT2D eigenvalue weighted by Gasteiger charge is 2.18. The number of rotatable bonds is 5. The summed E-state index contributed by atoms with van der Waals surface area (Å²) in [5.41, 5.74) is 0.304. The van der Waals surface area contributed by atoms with Crippen LogP contribution in [0.25, 0.3) is 0 Å². The van der Waals surface area contributed by atoms with Crippen molar-refractivity contribution >= 4 is 23.3 Å². The first-order chi connectivity index (χ1) is 8.45. The van der Waals surface area contributed by atoms with E-state index in [1.54, 1.807) is 24.1 Å². The van der Waals surface area contributed by atoms with Gasteiger partial charge in [-0.15, -0.1) is 0 Å². The van der Waals surface area contributed by atoms with E-state index in [-0.39, 0.29) is 5.91 Å². The van der Waals surface area contributed by atoms with Gasteiger partial charge in [-0.25, -0.2) is 4.98 Å². The van der Waals surface area contributed by atoms with Gasteiger partial charge < -0.3 is 10.2 Å².